The van der Waals surface area contributed by atoms with Crippen molar-refractivity contribution in [3.63, 3.8) is 0 Å². The lowest BCUT2D eigenvalue weighted by Gasteiger charge is -2.18. The topological polar surface area (TPSA) is 61.0 Å². The molecular weight excluding hydrogens is 1050 g/mol. The number of hydrogen-bond acceptors (Lipinski definition) is 6. The lowest BCUT2D eigenvalue weighted by atomic mass is 10.0. The van der Waals surface area contributed by atoms with Crippen LogP contribution in [0.3, 0.4) is 0 Å². The molecule has 0 saturated heterocycles. The van der Waals surface area contributed by atoms with Gasteiger partial charge in [-0.05, 0) is 78.0 Å². The molecule has 2 unspecified atom stereocenters. The summed E-state index contributed by atoms with van der Waals surface area (Å²) in [5.41, 5.74) is 0. The van der Waals surface area contributed by atoms with Crippen LogP contribution in [0.15, 0.2) is 0 Å². The molecule has 0 aromatic carbocycles. The van der Waals surface area contributed by atoms with Gasteiger partial charge in [-0.2, -0.15) is 0 Å². The van der Waals surface area contributed by atoms with E-state index in [2.05, 4.69) is 52.2 Å². The van der Waals surface area contributed by atoms with Gasteiger partial charge in [0, 0.05) is 26.4 Å². The minimum Gasteiger partial charge on any atom is -0.379 e. The van der Waals surface area contributed by atoms with Crippen LogP contribution in [0.4, 0.5) is 0 Å². The van der Waals surface area contributed by atoms with Crippen molar-refractivity contribution in [1.82, 2.24) is 10.6 Å². The molecule has 0 spiro atoms. The van der Waals surface area contributed by atoms with Crippen LogP contribution in [0.1, 0.15) is 440 Å². The van der Waals surface area contributed by atoms with Crippen molar-refractivity contribution in [3.05, 3.63) is 0 Å². The van der Waals surface area contributed by atoms with Crippen LogP contribution in [-0.4, -0.2) is 78.0 Å². The van der Waals surface area contributed by atoms with Crippen LogP contribution in [0.5, 0.6) is 0 Å². The van der Waals surface area contributed by atoms with Gasteiger partial charge in [0.05, 0.1) is 25.4 Å². The summed E-state index contributed by atoms with van der Waals surface area (Å²) in [6.07, 6.45) is 87.0. The highest BCUT2D eigenvalue weighted by Gasteiger charge is 2.10. The van der Waals surface area contributed by atoms with Gasteiger partial charge in [0.1, 0.15) is 0 Å². The summed E-state index contributed by atoms with van der Waals surface area (Å²) in [5, 5.41) is 7.01. The smallest absolute Gasteiger partial charge is 0.0808 e. The standard InChI is InChI=1S/C45H94N2O2.C35H72O2/c1-4-7-9-11-13-15-17-19-21-23-25-27-31-35-42-48-44-45(38-33-29-30-34-39-47-41-37-40-46-6-3)49-43-36-32-28-26-24-22-20-18-16-14-12-10-8-5-2;1-4-6-8-10-12-14-16-18-20-22-24-26-28-30-32-36-34-35(3)37-33-31-29-27-25-23-21-19-17-15-13-11-9-7-5-2/h45-47H,4-44H2,1-3H3;35H,4-34H2,1-3H3. The van der Waals surface area contributed by atoms with Crippen LogP contribution in [0, 0.1) is 0 Å². The van der Waals surface area contributed by atoms with Gasteiger partial charge in [-0.15, -0.1) is 0 Å². The molecule has 0 aliphatic carbocycles. The third-order valence-corrected chi connectivity index (χ3v) is 18.3. The Kier molecular flexibility index (Phi) is 86.6. The molecule has 2 atom stereocenters. The zero-order chi connectivity index (χ0) is 62.3. The molecule has 6 heteroatoms. The lowest BCUT2D eigenvalue weighted by Crippen LogP contribution is -2.22. The van der Waals surface area contributed by atoms with Gasteiger partial charge < -0.3 is 29.6 Å². The summed E-state index contributed by atoms with van der Waals surface area (Å²) in [6, 6.07) is 0. The van der Waals surface area contributed by atoms with Crippen LogP contribution in [-0.2, 0) is 18.9 Å². The van der Waals surface area contributed by atoms with Crippen molar-refractivity contribution in [2.75, 3.05) is 65.8 Å². The van der Waals surface area contributed by atoms with Gasteiger partial charge in [-0.25, -0.2) is 0 Å². The van der Waals surface area contributed by atoms with E-state index in [0.29, 0.717) is 0 Å². The largest absolute Gasteiger partial charge is 0.379 e. The SMILES string of the molecule is CCCCCCCCCCCCCCCCOCC(C)OCCCCCCCCCCCCCCCC.CCCCCCCCCCCCCCCCOCC(CCCCCCNCCCNCC)OCCCCCCCCCCCCCCCC. The van der Waals surface area contributed by atoms with Gasteiger partial charge >= 0.3 is 0 Å². The summed E-state index contributed by atoms with van der Waals surface area (Å²) in [7, 11) is 0. The zero-order valence-corrected chi connectivity index (χ0v) is 60.7. The van der Waals surface area contributed by atoms with Crippen molar-refractivity contribution in [1.29, 1.82) is 0 Å². The normalized spacial score (nSPS) is 12.3. The zero-order valence-electron chi connectivity index (χ0n) is 60.7. The summed E-state index contributed by atoms with van der Waals surface area (Å²) in [4.78, 5) is 0. The van der Waals surface area contributed by atoms with E-state index < -0.39 is 0 Å². The van der Waals surface area contributed by atoms with E-state index in [1.165, 1.54) is 392 Å². The van der Waals surface area contributed by atoms with E-state index >= 15 is 0 Å². The van der Waals surface area contributed by atoms with Crippen LogP contribution in [0.25, 0.3) is 0 Å². The second-order valence-electron chi connectivity index (χ2n) is 27.4. The molecule has 0 rings (SSSR count). The molecule has 6 nitrogen and oxygen atoms in total. The van der Waals surface area contributed by atoms with E-state index in [9.17, 15) is 0 Å². The maximum atomic E-state index is 6.42. The summed E-state index contributed by atoms with van der Waals surface area (Å²) >= 11 is 0. The first kappa shape index (κ1) is 87.8. The Morgan fingerprint density at radius 1 is 0.221 bits per heavy atom. The van der Waals surface area contributed by atoms with Crippen molar-refractivity contribution in [2.45, 2.75) is 452 Å². The molecule has 0 fully saturated rings. The fourth-order valence-corrected chi connectivity index (χ4v) is 12.3. The van der Waals surface area contributed by atoms with Crippen molar-refractivity contribution >= 4 is 0 Å². The summed E-state index contributed by atoms with van der Waals surface area (Å²) < 4.78 is 24.4. The van der Waals surface area contributed by atoms with Crippen LogP contribution >= 0.6 is 0 Å². The molecule has 0 aliphatic rings. The van der Waals surface area contributed by atoms with Crippen molar-refractivity contribution < 1.29 is 18.9 Å². The molecule has 0 aromatic rings. The minimum absolute atomic E-state index is 0.244. The number of rotatable bonds is 78. The monoisotopic (exact) mass is 1220 g/mol. The van der Waals surface area contributed by atoms with E-state index in [4.69, 9.17) is 18.9 Å². The minimum atomic E-state index is 0.244. The first-order valence-electron chi connectivity index (χ1n) is 40.5. The van der Waals surface area contributed by atoms with E-state index in [0.717, 1.165) is 72.2 Å². The average Bonchev–Trinajstić information content (AvgIpc) is 3.53. The van der Waals surface area contributed by atoms with Crippen LogP contribution < -0.4 is 10.6 Å². The molecule has 0 amide bonds. The molecule has 0 aliphatic heterocycles. The van der Waals surface area contributed by atoms with Gasteiger partial charge in [0.25, 0.3) is 0 Å². The Labute approximate surface area is 544 Å². The maximum Gasteiger partial charge on any atom is 0.0808 e. The van der Waals surface area contributed by atoms with Crippen LogP contribution in [0.2, 0.25) is 0 Å². The molecule has 2 N–H and O–H groups in total. The highest BCUT2D eigenvalue weighted by Crippen LogP contribution is 2.19. The molecule has 86 heavy (non-hydrogen) atoms. The van der Waals surface area contributed by atoms with E-state index in [1.54, 1.807) is 0 Å². The molecule has 520 valence electrons. The number of ether oxygens (including phenoxy) is 4. The third-order valence-electron chi connectivity index (χ3n) is 18.3. The predicted octanol–water partition coefficient (Wildman–Crippen LogP) is 26.3. The van der Waals surface area contributed by atoms with Crippen molar-refractivity contribution in [3.8, 4) is 0 Å². The Balaban J connectivity index is 0. The van der Waals surface area contributed by atoms with Crippen molar-refractivity contribution in [2.24, 2.45) is 0 Å². The second-order valence-corrected chi connectivity index (χ2v) is 27.4. The fourth-order valence-electron chi connectivity index (χ4n) is 12.3. The average molecular weight is 1220 g/mol. The Hall–Kier alpha value is -0.240. The third kappa shape index (κ3) is 83.8. The first-order chi connectivity index (χ1) is 42.7. The van der Waals surface area contributed by atoms with Gasteiger partial charge in [-0.1, -0.05) is 388 Å². The molecule has 0 saturated carbocycles. The van der Waals surface area contributed by atoms with E-state index in [1.807, 2.05) is 0 Å². The molecule has 0 heterocycles. The second kappa shape index (κ2) is 84.8. The Bertz CT molecular complexity index is 1110. The number of unbranched alkanes of at least 4 members (excludes halogenated alkanes) is 55. The lowest BCUT2D eigenvalue weighted by molar-refractivity contribution is -0.0235. The molecule has 0 aromatic heterocycles. The number of nitrogens with one attached hydrogen (secondary N) is 2. The van der Waals surface area contributed by atoms with E-state index in [-0.39, 0.29) is 12.2 Å². The maximum absolute atomic E-state index is 6.42. The highest BCUT2D eigenvalue weighted by molar-refractivity contribution is 4.61. The van der Waals surface area contributed by atoms with Gasteiger partial charge in [-0.3, -0.25) is 0 Å². The Morgan fingerprint density at radius 2 is 0.465 bits per heavy atom. The number of hydrogen-bond donors (Lipinski definition) is 2. The van der Waals surface area contributed by atoms with Gasteiger partial charge in [0.2, 0.25) is 0 Å². The highest BCUT2D eigenvalue weighted by atomic mass is 16.5. The summed E-state index contributed by atoms with van der Waals surface area (Å²) in [5.74, 6) is 0. The fraction of sp³-hybridized carbons (Fsp3) is 1.00. The quantitative estimate of drug-likeness (QED) is 0.0592. The molecule has 0 bridgehead atoms. The summed E-state index contributed by atoms with van der Waals surface area (Å²) in [6.45, 7) is 23.2. The molecule has 0 radical (unpaired) electrons. The Morgan fingerprint density at radius 3 is 0.791 bits per heavy atom. The molecular formula is C80H166N2O4. The van der Waals surface area contributed by atoms with Gasteiger partial charge in [0.15, 0.2) is 0 Å². The first-order valence-corrected chi connectivity index (χ1v) is 40.5. The predicted molar refractivity (Wildman–Crippen MR) is 387 cm³/mol.